The molecule has 1 aliphatic carbocycles. The largest absolute Gasteiger partial charge is 0.398 e. The number of sulfonamides is 1. The Balaban J connectivity index is 2.16. The fraction of sp³-hybridized carbons (Fsp3) is 0.500. The SMILES string of the molecule is CC(CNS(=O)(=O)c1cc(N)c(Br)cc1F)C1CC1. The Labute approximate surface area is 120 Å². The summed E-state index contributed by atoms with van der Waals surface area (Å²) in [6.45, 7) is 2.31. The van der Waals surface area contributed by atoms with Crippen molar-refractivity contribution in [3.05, 3.63) is 22.4 Å². The number of nitrogen functional groups attached to an aromatic ring is 1. The van der Waals surface area contributed by atoms with Crippen LogP contribution in [0.1, 0.15) is 19.8 Å². The van der Waals surface area contributed by atoms with Crippen LogP contribution in [0.4, 0.5) is 10.1 Å². The lowest BCUT2D eigenvalue weighted by Gasteiger charge is -2.13. The standard InChI is InChI=1S/C12H16BrFN2O2S/c1-7(8-2-3-8)6-16-19(17,18)12-5-11(15)9(13)4-10(12)14/h4-5,7-8,16H,2-3,6,15H2,1H3. The van der Waals surface area contributed by atoms with E-state index in [1.807, 2.05) is 6.92 Å². The number of rotatable bonds is 5. The molecule has 1 unspecified atom stereocenters. The van der Waals surface area contributed by atoms with E-state index in [1.54, 1.807) is 0 Å². The van der Waals surface area contributed by atoms with Gasteiger partial charge in [0.2, 0.25) is 10.0 Å². The summed E-state index contributed by atoms with van der Waals surface area (Å²) in [6.07, 6.45) is 2.28. The van der Waals surface area contributed by atoms with Gasteiger partial charge in [-0.3, -0.25) is 0 Å². The van der Waals surface area contributed by atoms with Crippen LogP contribution < -0.4 is 10.5 Å². The molecule has 2 rings (SSSR count). The summed E-state index contributed by atoms with van der Waals surface area (Å²) in [6, 6.07) is 2.19. The molecule has 1 atom stereocenters. The average molecular weight is 351 g/mol. The molecule has 0 bridgehead atoms. The molecule has 4 nitrogen and oxygen atoms in total. The summed E-state index contributed by atoms with van der Waals surface area (Å²) >= 11 is 3.06. The third-order valence-electron chi connectivity index (χ3n) is 3.36. The lowest BCUT2D eigenvalue weighted by Crippen LogP contribution is -2.29. The summed E-state index contributed by atoms with van der Waals surface area (Å²) in [4.78, 5) is -0.406. The number of benzene rings is 1. The number of halogens is 2. The number of nitrogens with two attached hydrogens (primary N) is 1. The van der Waals surface area contributed by atoms with Crippen molar-refractivity contribution >= 4 is 31.6 Å². The zero-order chi connectivity index (χ0) is 14.2. The molecule has 1 aromatic carbocycles. The Bertz CT molecular complexity index is 588. The Kier molecular flexibility index (Phi) is 4.17. The molecular weight excluding hydrogens is 335 g/mol. The van der Waals surface area contributed by atoms with Crippen molar-refractivity contribution in [3.63, 3.8) is 0 Å². The predicted molar refractivity (Wildman–Crippen MR) is 75.6 cm³/mol. The maximum Gasteiger partial charge on any atom is 0.243 e. The van der Waals surface area contributed by atoms with Gasteiger partial charge < -0.3 is 5.73 Å². The Hall–Kier alpha value is -0.660. The maximum atomic E-state index is 13.7. The normalized spacial score (nSPS) is 17.4. The van der Waals surface area contributed by atoms with Gasteiger partial charge in [0, 0.05) is 16.7 Å². The van der Waals surface area contributed by atoms with Crippen molar-refractivity contribution in [1.29, 1.82) is 0 Å². The van der Waals surface area contributed by atoms with Crippen molar-refractivity contribution in [1.82, 2.24) is 4.72 Å². The molecule has 0 radical (unpaired) electrons. The first-order valence-electron chi connectivity index (χ1n) is 6.05. The first-order valence-corrected chi connectivity index (χ1v) is 8.33. The van der Waals surface area contributed by atoms with E-state index in [-0.39, 0.29) is 11.6 Å². The average Bonchev–Trinajstić information content (AvgIpc) is 3.14. The Morgan fingerprint density at radius 1 is 1.53 bits per heavy atom. The third kappa shape index (κ3) is 3.46. The first kappa shape index (κ1) is 14.7. The second-order valence-corrected chi connectivity index (χ2v) is 7.56. The lowest BCUT2D eigenvalue weighted by atomic mass is 10.1. The molecule has 106 valence electrons. The van der Waals surface area contributed by atoms with E-state index in [0.717, 1.165) is 25.0 Å². The quantitative estimate of drug-likeness (QED) is 0.801. The predicted octanol–water partition coefficient (Wildman–Crippen LogP) is 2.49. The molecule has 1 saturated carbocycles. The van der Waals surface area contributed by atoms with E-state index in [2.05, 4.69) is 20.7 Å². The number of nitrogens with one attached hydrogen (secondary N) is 1. The highest BCUT2D eigenvalue weighted by Crippen LogP contribution is 2.36. The molecule has 0 amide bonds. The Morgan fingerprint density at radius 2 is 2.16 bits per heavy atom. The maximum absolute atomic E-state index is 13.7. The van der Waals surface area contributed by atoms with Gasteiger partial charge in [0.1, 0.15) is 10.7 Å². The summed E-state index contributed by atoms with van der Waals surface area (Å²) < 4.78 is 40.6. The number of anilines is 1. The first-order chi connectivity index (χ1) is 8.81. The van der Waals surface area contributed by atoms with Crippen LogP contribution in [0.3, 0.4) is 0 Å². The summed E-state index contributed by atoms with van der Waals surface area (Å²) in [7, 11) is -3.86. The van der Waals surface area contributed by atoms with Crippen LogP contribution in [0.5, 0.6) is 0 Å². The minimum Gasteiger partial charge on any atom is -0.398 e. The number of hydrogen-bond donors (Lipinski definition) is 2. The van der Waals surface area contributed by atoms with Gasteiger partial charge in [0.25, 0.3) is 0 Å². The molecule has 3 N–H and O–H groups in total. The summed E-state index contributed by atoms with van der Waals surface area (Å²) in [5.41, 5.74) is 5.79. The van der Waals surface area contributed by atoms with Crippen molar-refractivity contribution in [2.45, 2.75) is 24.7 Å². The van der Waals surface area contributed by atoms with Gasteiger partial charge in [-0.1, -0.05) is 6.92 Å². The molecule has 7 heteroatoms. The van der Waals surface area contributed by atoms with Crippen LogP contribution in [0.25, 0.3) is 0 Å². The summed E-state index contributed by atoms with van der Waals surface area (Å²) in [5.74, 6) is 0.0424. The zero-order valence-electron chi connectivity index (χ0n) is 10.5. The minimum atomic E-state index is -3.86. The monoisotopic (exact) mass is 350 g/mol. The topological polar surface area (TPSA) is 72.2 Å². The van der Waals surface area contributed by atoms with Crippen molar-refractivity contribution in [3.8, 4) is 0 Å². The fourth-order valence-corrected chi connectivity index (χ4v) is 3.45. The van der Waals surface area contributed by atoms with Gasteiger partial charge in [0.15, 0.2) is 0 Å². The molecule has 0 heterocycles. The summed E-state index contributed by atoms with van der Waals surface area (Å²) in [5, 5.41) is 0. The van der Waals surface area contributed by atoms with Gasteiger partial charge >= 0.3 is 0 Å². The lowest BCUT2D eigenvalue weighted by molar-refractivity contribution is 0.489. The molecule has 1 fully saturated rings. The molecule has 1 aromatic rings. The van der Waals surface area contributed by atoms with E-state index in [1.165, 1.54) is 0 Å². The molecule has 0 aliphatic heterocycles. The van der Waals surface area contributed by atoms with Crippen molar-refractivity contribution in [2.75, 3.05) is 12.3 Å². The highest BCUT2D eigenvalue weighted by molar-refractivity contribution is 9.10. The van der Waals surface area contributed by atoms with Crippen molar-refractivity contribution < 1.29 is 12.8 Å². The van der Waals surface area contributed by atoms with Crippen LogP contribution in [-0.4, -0.2) is 15.0 Å². The zero-order valence-corrected chi connectivity index (χ0v) is 12.9. The fourth-order valence-electron chi connectivity index (χ4n) is 1.90. The molecule has 0 spiro atoms. The highest BCUT2D eigenvalue weighted by atomic mass is 79.9. The van der Waals surface area contributed by atoms with Gasteiger partial charge in [-0.15, -0.1) is 0 Å². The van der Waals surface area contributed by atoms with Gasteiger partial charge in [-0.2, -0.15) is 0 Å². The van der Waals surface area contributed by atoms with Gasteiger partial charge in [-0.25, -0.2) is 17.5 Å². The Morgan fingerprint density at radius 3 is 2.74 bits per heavy atom. The van der Waals surface area contributed by atoms with Crippen LogP contribution in [0.15, 0.2) is 21.5 Å². The van der Waals surface area contributed by atoms with Crippen LogP contribution in [0.2, 0.25) is 0 Å². The highest BCUT2D eigenvalue weighted by Gasteiger charge is 2.29. The van der Waals surface area contributed by atoms with Crippen LogP contribution in [-0.2, 0) is 10.0 Å². The van der Waals surface area contributed by atoms with E-state index >= 15 is 0 Å². The smallest absolute Gasteiger partial charge is 0.243 e. The number of hydrogen-bond acceptors (Lipinski definition) is 3. The van der Waals surface area contributed by atoms with Crippen LogP contribution >= 0.6 is 15.9 Å². The molecular formula is C12H16BrFN2O2S. The van der Waals surface area contributed by atoms with Crippen molar-refractivity contribution in [2.24, 2.45) is 11.8 Å². The molecule has 0 aromatic heterocycles. The van der Waals surface area contributed by atoms with E-state index < -0.39 is 20.7 Å². The molecule has 1 aliphatic rings. The van der Waals surface area contributed by atoms with Gasteiger partial charge in [-0.05, 0) is 52.7 Å². The minimum absolute atomic E-state index is 0.192. The second-order valence-electron chi connectivity index (χ2n) is 4.97. The van der Waals surface area contributed by atoms with E-state index in [4.69, 9.17) is 5.73 Å². The van der Waals surface area contributed by atoms with E-state index in [9.17, 15) is 12.8 Å². The molecule has 19 heavy (non-hydrogen) atoms. The van der Waals surface area contributed by atoms with E-state index in [0.29, 0.717) is 16.9 Å². The van der Waals surface area contributed by atoms with Gasteiger partial charge in [0.05, 0.1) is 0 Å². The third-order valence-corrected chi connectivity index (χ3v) is 5.49. The van der Waals surface area contributed by atoms with Crippen LogP contribution in [0, 0.1) is 17.7 Å². The second kappa shape index (κ2) is 5.38. The molecule has 0 saturated heterocycles.